The summed E-state index contributed by atoms with van der Waals surface area (Å²) in [6.07, 6.45) is 0.714. The molecule has 1 amide bonds. The zero-order chi connectivity index (χ0) is 17.8. The molecule has 0 aliphatic carbocycles. The van der Waals surface area contributed by atoms with Crippen LogP contribution in [0.25, 0.3) is 0 Å². The molecule has 0 N–H and O–H groups in total. The van der Waals surface area contributed by atoms with E-state index in [-0.39, 0.29) is 11.8 Å². The fourth-order valence-electron chi connectivity index (χ4n) is 3.17. The predicted molar refractivity (Wildman–Crippen MR) is 96.7 cm³/mol. The van der Waals surface area contributed by atoms with Crippen LogP contribution < -0.4 is 4.74 Å². The molecule has 2 heterocycles. The lowest BCUT2D eigenvalue weighted by Gasteiger charge is -2.31. The average Bonchev–Trinajstić information content (AvgIpc) is 3.02. The Labute approximate surface area is 149 Å². The number of aryl methyl sites for hydroxylation is 1. The van der Waals surface area contributed by atoms with Crippen LogP contribution in [-0.2, 0) is 11.3 Å². The van der Waals surface area contributed by atoms with Crippen LogP contribution in [0.3, 0.4) is 0 Å². The Morgan fingerprint density at radius 3 is 2.68 bits per heavy atom. The van der Waals surface area contributed by atoms with Crippen LogP contribution in [0.2, 0.25) is 0 Å². The van der Waals surface area contributed by atoms with E-state index in [0.29, 0.717) is 26.1 Å². The van der Waals surface area contributed by atoms with Gasteiger partial charge in [-0.05, 0) is 45.6 Å². The number of para-hydroxylation sites is 1. The summed E-state index contributed by atoms with van der Waals surface area (Å²) in [5, 5.41) is 0. The molecule has 1 aromatic heterocycles. The summed E-state index contributed by atoms with van der Waals surface area (Å²) in [7, 11) is 4.03. The maximum atomic E-state index is 13.3. The van der Waals surface area contributed by atoms with E-state index in [1.165, 1.54) is 0 Å². The topological polar surface area (TPSA) is 45.9 Å². The van der Waals surface area contributed by atoms with E-state index in [1.807, 2.05) is 62.3 Å². The first kappa shape index (κ1) is 17.5. The van der Waals surface area contributed by atoms with Crippen LogP contribution in [0, 0.1) is 6.92 Å². The Kier molecular flexibility index (Phi) is 5.43. The van der Waals surface area contributed by atoms with E-state index < -0.39 is 0 Å². The molecule has 2 aromatic rings. The molecule has 134 valence electrons. The molecule has 0 bridgehead atoms. The zero-order valence-corrected chi connectivity index (χ0v) is 15.2. The number of benzene rings is 1. The summed E-state index contributed by atoms with van der Waals surface area (Å²) in [5.41, 5.74) is 0.990. The lowest BCUT2D eigenvalue weighted by Crippen LogP contribution is -2.40. The molecule has 0 saturated heterocycles. The minimum absolute atomic E-state index is 0.145. The van der Waals surface area contributed by atoms with Gasteiger partial charge in [0, 0.05) is 18.7 Å². The van der Waals surface area contributed by atoms with Gasteiger partial charge in [0.2, 0.25) is 5.91 Å². The highest BCUT2D eigenvalue weighted by Gasteiger charge is 2.31. The first-order valence-electron chi connectivity index (χ1n) is 8.75. The van der Waals surface area contributed by atoms with E-state index in [9.17, 15) is 4.79 Å². The van der Waals surface area contributed by atoms with E-state index in [2.05, 4.69) is 4.90 Å². The molecule has 0 saturated carbocycles. The van der Waals surface area contributed by atoms with Crippen molar-refractivity contribution in [3.63, 3.8) is 0 Å². The van der Waals surface area contributed by atoms with Crippen molar-refractivity contribution < 1.29 is 13.9 Å². The summed E-state index contributed by atoms with van der Waals surface area (Å²) in [5.74, 6) is 2.51. The molecule has 1 aliphatic heterocycles. The highest BCUT2D eigenvalue weighted by atomic mass is 16.5. The third kappa shape index (κ3) is 4.23. The molecular formula is C20H26N2O3. The van der Waals surface area contributed by atoms with Crippen LogP contribution in [0.4, 0.5) is 0 Å². The number of carbonyl (C=O) groups is 1. The Bertz CT molecular complexity index is 723. The Balaban J connectivity index is 1.81. The predicted octanol–water partition coefficient (Wildman–Crippen LogP) is 3.04. The van der Waals surface area contributed by atoms with Crippen molar-refractivity contribution in [1.82, 2.24) is 9.80 Å². The van der Waals surface area contributed by atoms with Crippen molar-refractivity contribution in [2.24, 2.45) is 0 Å². The number of likely N-dealkylation sites (N-methyl/N-ethyl adjacent to an activating group) is 1. The quantitative estimate of drug-likeness (QED) is 0.809. The fourth-order valence-corrected chi connectivity index (χ4v) is 3.17. The van der Waals surface area contributed by atoms with Gasteiger partial charge in [-0.25, -0.2) is 0 Å². The smallest absolute Gasteiger partial charge is 0.230 e. The third-order valence-corrected chi connectivity index (χ3v) is 4.53. The van der Waals surface area contributed by atoms with E-state index in [1.54, 1.807) is 0 Å². The molecule has 0 fully saturated rings. The van der Waals surface area contributed by atoms with Gasteiger partial charge in [0.05, 0.1) is 19.1 Å². The van der Waals surface area contributed by atoms with Crippen molar-refractivity contribution in [2.75, 3.05) is 33.8 Å². The minimum Gasteiger partial charge on any atom is -0.493 e. The second kappa shape index (κ2) is 7.74. The van der Waals surface area contributed by atoms with Crippen molar-refractivity contribution in [3.05, 3.63) is 53.5 Å². The summed E-state index contributed by atoms with van der Waals surface area (Å²) >= 11 is 0. The van der Waals surface area contributed by atoms with Crippen molar-refractivity contribution >= 4 is 5.91 Å². The molecule has 25 heavy (non-hydrogen) atoms. The highest BCUT2D eigenvalue weighted by Crippen LogP contribution is 2.34. The zero-order valence-electron chi connectivity index (χ0n) is 15.2. The van der Waals surface area contributed by atoms with E-state index >= 15 is 0 Å². The first-order valence-corrected chi connectivity index (χ1v) is 8.75. The van der Waals surface area contributed by atoms with Gasteiger partial charge in [-0.15, -0.1) is 0 Å². The summed E-state index contributed by atoms with van der Waals surface area (Å²) in [6.45, 7) is 4.49. The number of carbonyl (C=O) groups excluding carboxylic acids is 1. The second-order valence-electron chi connectivity index (χ2n) is 6.80. The molecule has 0 radical (unpaired) electrons. The van der Waals surface area contributed by atoms with Crippen molar-refractivity contribution in [1.29, 1.82) is 0 Å². The minimum atomic E-state index is -0.150. The number of ether oxygens (including phenoxy) is 1. The number of furan rings is 1. The molecular weight excluding hydrogens is 316 g/mol. The number of amides is 1. The number of fused-ring (bicyclic) bond motifs is 1. The number of hydrogen-bond donors (Lipinski definition) is 0. The van der Waals surface area contributed by atoms with Gasteiger partial charge in [0.15, 0.2) is 0 Å². The summed E-state index contributed by atoms with van der Waals surface area (Å²) < 4.78 is 11.4. The molecule has 1 aromatic carbocycles. The van der Waals surface area contributed by atoms with Crippen LogP contribution in [-0.4, -0.2) is 49.5 Å². The Hall–Kier alpha value is -2.27. The molecule has 0 spiro atoms. The van der Waals surface area contributed by atoms with Crippen LogP contribution in [0.1, 0.15) is 29.4 Å². The van der Waals surface area contributed by atoms with Gasteiger partial charge in [0.1, 0.15) is 17.3 Å². The van der Waals surface area contributed by atoms with Crippen LogP contribution in [0.5, 0.6) is 5.75 Å². The number of hydrogen-bond acceptors (Lipinski definition) is 4. The van der Waals surface area contributed by atoms with Crippen LogP contribution >= 0.6 is 0 Å². The molecule has 5 nitrogen and oxygen atoms in total. The average molecular weight is 342 g/mol. The van der Waals surface area contributed by atoms with Crippen molar-refractivity contribution in [2.45, 2.75) is 25.8 Å². The lowest BCUT2D eigenvalue weighted by atomic mass is 9.91. The highest BCUT2D eigenvalue weighted by molar-refractivity contribution is 5.84. The van der Waals surface area contributed by atoms with Gasteiger partial charge in [0.25, 0.3) is 0 Å². The SMILES string of the molecule is Cc1ccc(CN(CCN(C)C)C(=O)[C@@H]2CCOc3ccccc32)o1. The lowest BCUT2D eigenvalue weighted by molar-refractivity contribution is -0.134. The first-order chi connectivity index (χ1) is 12.0. The maximum absolute atomic E-state index is 13.3. The van der Waals surface area contributed by atoms with Gasteiger partial charge >= 0.3 is 0 Å². The largest absolute Gasteiger partial charge is 0.493 e. The molecule has 5 heteroatoms. The molecule has 3 rings (SSSR count). The Morgan fingerprint density at radius 1 is 1.16 bits per heavy atom. The van der Waals surface area contributed by atoms with E-state index in [0.717, 1.165) is 29.4 Å². The molecule has 1 atom stereocenters. The normalized spacial score (nSPS) is 16.4. The van der Waals surface area contributed by atoms with Crippen molar-refractivity contribution in [3.8, 4) is 5.75 Å². The van der Waals surface area contributed by atoms with Gasteiger partial charge < -0.3 is 19.0 Å². The number of nitrogens with zero attached hydrogens (tertiary/aromatic N) is 2. The van der Waals surface area contributed by atoms with E-state index in [4.69, 9.17) is 9.15 Å². The summed E-state index contributed by atoms with van der Waals surface area (Å²) in [4.78, 5) is 17.3. The summed E-state index contributed by atoms with van der Waals surface area (Å²) in [6, 6.07) is 11.7. The second-order valence-corrected chi connectivity index (χ2v) is 6.80. The molecule has 0 unspecified atom stereocenters. The molecule has 1 aliphatic rings. The standard InChI is InChI=1S/C20H26N2O3/c1-15-8-9-16(25-15)14-22(12-11-21(2)3)20(23)18-10-13-24-19-7-5-4-6-17(18)19/h4-9,18H,10-14H2,1-3H3/t18-/m1/s1. The monoisotopic (exact) mass is 342 g/mol. The number of rotatable bonds is 6. The van der Waals surface area contributed by atoms with Gasteiger partial charge in [-0.2, -0.15) is 0 Å². The third-order valence-electron chi connectivity index (χ3n) is 4.53. The Morgan fingerprint density at radius 2 is 1.96 bits per heavy atom. The van der Waals surface area contributed by atoms with Gasteiger partial charge in [-0.3, -0.25) is 4.79 Å². The fraction of sp³-hybridized carbons (Fsp3) is 0.450. The van der Waals surface area contributed by atoms with Gasteiger partial charge in [-0.1, -0.05) is 18.2 Å². The van der Waals surface area contributed by atoms with Crippen LogP contribution in [0.15, 0.2) is 40.8 Å². The maximum Gasteiger partial charge on any atom is 0.230 e.